The Morgan fingerprint density at radius 3 is 2.74 bits per heavy atom. The van der Waals surface area contributed by atoms with Gasteiger partial charge in [0, 0.05) is 35.8 Å². The van der Waals surface area contributed by atoms with Crippen LogP contribution in [-0.2, 0) is 11.2 Å². The number of carbonyl (C=O) groups is 2. The van der Waals surface area contributed by atoms with Gasteiger partial charge in [0.05, 0.1) is 12.4 Å². The third-order valence-electron chi connectivity index (χ3n) is 4.81. The number of nitrogens with zero attached hydrogens (tertiary/aromatic N) is 2. The van der Waals surface area contributed by atoms with E-state index in [1.807, 2.05) is 48.0 Å². The number of nitrogens with one attached hydrogen (secondary N) is 2. The van der Waals surface area contributed by atoms with Gasteiger partial charge < -0.3 is 15.2 Å². The van der Waals surface area contributed by atoms with E-state index in [0.29, 0.717) is 18.4 Å². The number of amides is 2. The number of fused-ring (bicyclic) bond motifs is 1. The molecule has 4 rings (SSSR count). The Bertz CT molecular complexity index is 978. The molecular formula is C21H20N4O2. The minimum absolute atomic E-state index is 0.0208. The zero-order valence-electron chi connectivity index (χ0n) is 15.0. The molecule has 1 aliphatic rings. The van der Waals surface area contributed by atoms with Crippen LogP contribution < -0.4 is 10.6 Å². The zero-order chi connectivity index (χ0) is 18.8. The summed E-state index contributed by atoms with van der Waals surface area (Å²) in [7, 11) is 0. The van der Waals surface area contributed by atoms with Crippen molar-refractivity contribution in [1.82, 2.24) is 14.9 Å². The van der Waals surface area contributed by atoms with Crippen LogP contribution in [0.25, 0.3) is 5.69 Å². The van der Waals surface area contributed by atoms with Crippen LogP contribution in [0, 0.1) is 0 Å². The molecule has 0 fully saturated rings. The van der Waals surface area contributed by atoms with Crippen LogP contribution in [0.4, 0.5) is 5.69 Å². The topological polar surface area (TPSA) is 76.0 Å². The quantitative estimate of drug-likeness (QED) is 0.750. The highest BCUT2D eigenvalue weighted by atomic mass is 16.2. The highest BCUT2D eigenvalue weighted by molar-refractivity contribution is 5.98. The van der Waals surface area contributed by atoms with Gasteiger partial charge in [-0.25, -0.2) is 4.98 Å². The standard InChI is InChI=1S/C21H20N4O2/c1-14(15-2-6-18(7-3-15)25-11-10-22-13-25)23-21(27)17-4-8-19-16(12-17)5-9-20(26)24-19/h2-4,6-8,10-14H,5,9H2,1H3,(H,23,27)(H,24,26)/t14-/m1/s1. The Labute approximate surface area is 157 Å². The summed E-state index contributed by atoms with van der Waals surface area (Å²) in [5, 5.41) is 5.87. The lowest BCUT2D eigenvalue weighted by Gasteiger charge is -2.19. The first-order chi connectivity index (χ1) is 13.1. The fourth-order valence-electron chi connectivity index (χ4n) is 3.23. The van der Waals surface area contributed by atoms with E-state index in [1.54, 1.807) is 24.7 Å². The molecular weight excluding hydrogens is 340 g/mol. The van der Waals surface area contributed by atoms with Gasteiger partial charge in [-0.15, -0.1) is 0 Å². The molecule has 2 N–H and O–H groups in total. The summed E-state index contributed by atoms with van der Waals surface area (Å²) < 4.78 is 1.93. The lowest BCUT2D eigenvalue weighted by atomic mass is 10.00. The van der Waals surface area contributed by atoms with E-state index >= 15 is 0 Å². The molecule has 136 valence electrons. The number of aromatic nitrogens is 2. The van der Waals surface area contributed by atoms with Crippen molar-refractivity contribution in [2.75, 3.05) is 5.32 Å². The van der Waals surface area contributed by atoms with Gasteiger partial charge in [0.15, 0.2) is 0 Å². The van der Waals surface area contributed by atoms with Crippen LogP contribution in [0.2, 0.25) is 0 Å². The summed E-state index contributed by atoms with van der Waals surface area (Å²) in [6, 6.07) is 13.3. The number of imidazole rings is 1. The van der Waals surface area contributed by atoms with Crippen LogP contribution >= 0.6 is 0 Å². The molecule has 1 atom stereocenters. The normalized spacial score (nSPS) is 14.2. The first kappa shape index (κ1) is 17.0. The molecule has 3 aromatic rings. The molecule has 1 aromatic heterocycles. The Morgan fingerprint density at radius 1 is 1.19 bits per heavy atom. The van der Waals surface area contributed by atoms with Crippen LogP contribution in [0.1, 0.15) is 40.9 Å². The van der Waals surface area contributed by atoms with E-state index in [9.17, 15) is 9.59 Å². The van der Waals surface area contributed by atoms with Crippen molar-refractivity contribution in [3.63, 3.8) is 0 Å². The number of aryl methyl sites for hydroxylation is 1. The Balaban J connectivity index is 1.45. The van der Waals surface area contributed by atoms with Crippen molar-refractivity contribution in [1.29, 1.82) is 0 Å². The van der Waals surface area contributed by atoms with Crippen LogP contribution in [-0.4, -0.2) is 21.4 Å². The zero-order valence-corrected chi connectivity index (χ0v) is 15.0. The molecule has 0 bridgehead atoms. The van der Waals surface area contributed by atoms with Gasteiger partial charge in [-0.05, 0) is 54.8 Å². The summed E-state index contributed by atoms with van der Waals surface area (Å²) in [5.41, 5.74) is 4.45. The van der Waals surface area contributed by atoms with E-state index < -0.39 is 0 Å². The SMILES string of the molecule is C[C@@H](NC(=O)c1ccc2c(c1)CCC(=O)N2)c1ccc(-n2ccnc2)cc1. The maximum absolute atomic E-state index is 12.6. The van der Waals surface area contributed by atoms with Crippen molar-refractivity contribution in [2.24, 2.45) is 0 Å². The van der Waals surface area contributed by atoms with E-state index in [1.165, 1.54) is 0 Å². The van der Waals surface area contributed by atoms with Gasteiger partial charge in [-0.3, -0.25) is 9.59 Å². The van der Waals surface area contributed by atoms with Gasteiger partial charge in [0.1, 0.15) is 0 Å². The third-order valence-corrected chi connectivity index (χ3v) is 4.81. The van der Waals surface area contributed by atoms with E-state index in [0.717, 1.165) is 22.5 Å². The number of hydrogen-bond acceptors (Lipinski definition) is 3. The average molecular weight is 360 g/mol. The number of anilines is 1. The maximum Gasteiger partial charge on any atom is 0.251 e. The van der Waals surface area contributed by atoms with Crippen molar-refractivity contribution >= 4 is 17.5 Å². The van der Waals surface area contributed by atoms with Crippen LogP contribution in [0.3, 0.4) is 0 Å². The second-order valence-electron chi connectivity index (χ2n) is 6.68. The molecule has 6 nitrogen and oxygen atoms in total. The van der Waals surface area contributed by atoms with Crippen LogP contribution in [0.15, 0.2) is 61.2 Å². The van der Waals surface area contributed by atoms with Gasteiger partial charge >= 0.3 is 0 Å². The highest BCUT2D eigenvalue weighted by Crippen LogP contribution is 2.24. The Kier molecular flexibility index (Phi) is 4.46. The third kappa shape index (κ3) is 3.60. The number of hydrogen-bond donors (Lipinski definition) is 2. The molecule has 0 saturated carbocycles. The largest absolute Gasteiger partial charge is 0.346 e. The maximum atomic E-state index is 12.6. The first-order valence-corrected chi connectivity index (χ1v) is 8.92. The average Bonchev–Trinajstić information content (AvgIpc) is 3.22. The second kappa shape index (κ2) is 7.07. The molecule has 2 aromatic carbocycles. The molecule has 1 aliphatic heterocycles. The predicted octanol–water partition coefficient (Wildman–Crippen LogP) is 3.25. The van der Waals surface area contributed by atoms with Gasteiger partial charge in [-0.2, -0.15) is 0 Å². The highest BCUT2D eigenvalue weighted by Gasteiger charge is 2.18. The summed E-state index contributed by atoms with van der Waals surface area (Å²) in [6.07, 6.45) is 6.49. The summed E-state index contributed by atoms with van der Waals surface area (Å²) >= 11 is 0. The first-order valence-electron chi connectivity index (χ1n) is 8.92. The fourth-order valence-corrected chi connectivity index (χ4v) is 3.23. The van der Waals surface area contributed by atoms with E-state index in [-0.39, 0.29) is 17.9 Å². The van der Waals surface area contributed by atoms with Gasteiger partial charge in [-0.1, -0.05) is 12.1 Å². The van der Waals surface area contributed by atoms with E-state index in [4.69, 9.17) is 0 Å². The Hall–Kier alpha value is -3.41. The second-order valence-corrected chi connectivity index (χ2v) is 6.68. The van der Waals surface area contributed by atoms with Crippen molar-refractivity contribution in [2.45, 2.75) is 25.8 Å². The molecule has 0 radical (unpaired) electrons. The Morgan fingerprint density at radius 2 is 2.00 bits per heavy atom. The number of carbonyl (C=O) groups excluding carboxylic acids is 2. The van der Waals surface area contributed by atoms with Crippen molar-refractivity contribution in [3.8, 4) is 5.69 Å². The molecule has 0 saturated heterocycles. The monoisotopic (exact) mass is 360 g/mol. The van der Waals surface area contributed by atoms with E-state index in [2.05, 4.69) is 15.6 Å². The van der Waals surface area contributed by atoms with Crippen molar-refractivity contribution in [3.05, 3.63) is 77.9 Å². The summed E-state index contributed by atoms with van der Waals surface area (Å²) in [6.45, 7) is 1.96. The summed E-state index contributed by atoms with van der Waals surface area (Å²) in [4.78, 5) is 28.1. The lowest BCUT2D eigenvalue weighted by Crippen LogP contribution is -2.27. The minimum atomic E-state index is -0.124. The molecule has 0 aliphatic carbocycles. The molecule has 6 heteroatoms. The molecule has 2 amide bonds. The molecule has 2 heterocycles. The lowest BCUT2D eigenvalue weighted by molar-refractivity contribution is -0.116. The molecule has 27 heavy (non-hydrogen) atoms. The number of benzene rings is 2. The minimum Gasteiger partial charge on any atom is -0.346 e. The predicted molar refractivity (Wildman–Crippen MR) is 103 cm³/mol. The van der Waals surface area contributed by atoms with Crippen LogP contribution in [0.5, 0.6) is 0 Å². The van der Waals surface area contributed by atoms with Gasteiger partial charge in [0.2, 0.25) is 5.91 Å². The fraction of sp³-hybridized carbons (Fsp3) is 0.190. The molecule has 0 unspecified atom stereocenters. The smallest absolute Gasteiger partial charge is 0.251 e. The number of rotatable bonds is 4. The van der Waals surface area contributed by atoms with Gasteiger partial charge in [0.25, 0.3) is 5.91 Å². The van der Waals surface area contributed by atoms with Crippen molar-refractivity contribution < 1.29 is 9.59 Å². The summed E-state index contributed by atoms with van der Waals surface area (Å²) in [5.74, 6) is -0.103. The molecule has 0 spiro atoms.